The quantitative estimate of drug-likeness (QED) is 0.365. The molecule has 13 heavy (non-hydrogen) atoms. The van der Waals surface area contributed by atoms with E-state index in [0.717, 1.165) is 0 Å². The lowest BCUT2D eigenvalue weighted by Gasteiger charge is -2.32. The van der Waals surface area contributed by atoms with E-state index in [1.807, 2.05) is 0 Å². The van der Waals surface area contributed by atoms with Gasteiger partial charge >= 0.3 is 0 Å². The molecule has 0 aliphatic carbocycles. The molecule has 0 aromatic carbocycles. The van der Waals surface area contributed by atoms with Crippen molar-refractivity contribution in [1.29, 1.82) is 0 Å². The molecule has 0 bridgehead atoms. The molecule has 0 aromatic heterocycles. The minimum absolute atomic E-state index is 0.242. The fourth-order valence-electron chi connectivity index (χ4n) is 2.96. The van der Waals surface area contributed by atoms with Gasteiger partial charge in [0, 0.05) is 23.0 Å². The molecule has 2 aliphatic heterocycles. The van der Waals surface area contributed by atoms with Crippen LogP contribution in [0.25, 0.3) is 10.4 Å². The van der Waals surface area contributed by atoms with Crippen LogP contribution in [0.2, 0.25) is 0 Å². The zero-order valence-corrected chi connectivity index (χ0v) is 8.11. The van der Waals surface area contributed by atoms with Gasteiger partial charge in [-0.2, -0.15) is 0 Å². The number of fused-ring (bicyclic) bond motifs is 1. The van der Waals surface area contributed by atoms with E-state index in [0.29, 0.717) is 12.6 Å². The van der Waals surface area contributed by atoms with Gasteiger partial charge in [0.05, 0.1) is 0 Å². The van der Waals surface area contributed by atoms with Crippen LogP contribution in [0.4, 0.5) is 0 Å². The summed E-state index contributed by atoms with van der Waals surface area (Å²) in [6.07, 6.45) is 4.97. The Labute approximate surface area is 78.5 Å². The molecule has 2 rings (SSSR count). The van der Waals surface area contributed by atoms with E-state index in [-0.39, 0.29) is 5.54 Å². The SMILES string of the molecule is CC1CCC2(CN=[N+]=[N-])CCCN12. The molecule has 0 radical (unpaired) electrons. The van der Waals surface area contributed by atoms with E-state index in [2.05, 4.69) is 21.8 Å². The predicted molar refractivity (Wildman–Crippen MR) is 51.4 cm³/mol. The van der Waals surface area contributed by atoms with Crippen molar-refractivity contribution in [2.75, 3.05) is 13.1 Å². The van der Waals surface area contributed by atoms with Crippen LogP contribution in [0.15, 0.2) is 5.11 Å². The van der Waals surface area contributed by atoms with Crippen molar-refractivity contribution < 1.29 is 0 Å². The van der Waals surface area contributed by atoms with Gasteiger partial charge in [0.1, 0.15) is 0 Å². The Bertz CT molecular complexity index is 246. The third kappa shape index (κ3) is 1.30. The Morgan fingerprint density at radius 1 is 1.62 bits per heavy atom. The Kier molecular flexibility index (Phi) is 2.18. The molecule has 4 heteroatoms. The molecular weight excluding hydrogens is 164 g/mol. The first-order valence-electron chi connectivity index (χ1n) is 5.06. The van der Waals surface area contributed by atoms with E-state index in [1.165, 1.54) is 32.2 Å². The Hall–Kier alpha value is -0.730. The highest BCUT2D eigenvalue weighted by atomic mass is 15.3. The van der Waals surface area contributed by atoms with Gasteiger partial charge in [-0.15, -0.1) is 0 Å². The number of nitrogens with zero attached hydrogens (tertiary/aromatic N) is 4. The van der Waals surface area contributed by atoms with Gasteiger partial charge in [0.15, 0.2) is 0 Å². The first kappa shape index (κ1) is 8.85. The highest BCUT2D eigenvalue weighted by Crippen LogP contribution is 2.42. The number of hydrogen-bond acceptors (Lipinski definition) is 2. The van der Waals surface area contributed by atoms with Crippen LogP contribution in [-0.4, -0.2) is 29.6 Å². The second kappa shape index (κ2) is 3.20. The average molecular weight is 180 g/mol. The highest BCUT2D eigenvalue weighted by molar-refractivity contribution is 5.04. The van der Waals surface area contributed by atoms with E-state index < -0.39 is 0 Å². The topological polar surface area (TPSA) is 52.0 Å². The Morgan fingerprint density at radius 3 is 3.23 bits per heavy atom. The summed E-state index contributed by atoms with van der Waals surface area (Å²) in [5.74, 6) is 0. The molecule has 2 heterocycles. The van der Waals surface area contributed by atoms with Crippen LogP contribution in [-0.2, 0) is 0 Å². The molecule has 0 spiro atoms. The molecule has 2 fully saturated rings. The van der Waals surface area contributed by atoms with E-state index in [9.17, 15) is 0 Å². The molecule has 0 N–H and O–H groups in total. The van der Waals surface area contributed by atoms with E-state index in [1.54, 1.807) is 0 Å². The molecular formula is C9H16N4. The van der Waals surface area contributed by atoms with Gasteiger partial charge in [-0.1, -0.05) is 5.11 Å². The second-order valence-electron chi connectivity index (χ2n) is 4.30. The van der Waals surface area contributed by atoms with Crippen molar-refractivity contribution >= 4 is 0 Å². The van der Waals surface area contributed by atoms with E-state index in [4.69, 9.17) is 5.53 Å². The maximum atomic E-state index is 8.35. The van der Waals surface area contributed by atoms with Crippen molar-refractivity contribution in [1.82, 2.24) is 4.90 Å². The normalized spacial score (nSPS) is 38.7. The summed E-state index contributed by atoms with van der Waals surface area (Å²) >= 11 is 0. The summed E-state index contributed by atoms with van der Waals surface area (Å²) in [6.45, 7) is 4.15. The average Bonchev–Trinajstić information content (AvgIpc) is 2.65. The number of rotatable bonds is 2. The molecule has 0 saturated carbocycles. The Morgan fingerprint density at radius 2 is 2.46 bits per heavy atom. The zero-order valence-electron chi connectivity index (χ0n) is 8.11. The third-order valence-electron chi connectivity index (χ3n) is 3.64. The van der Waals surface area contributed by atoms with Crippen LogP contribution in [0.1, 0.15) is 32.6 Å². The smallest absolute Gasteiger partial charge is 0.0443 e. The van der Waals surface area contributed by atoms with Crippen molar-refractivity contribution in [3.8, 4) is 0 Å². The first-order valence-corrected chi connectivity index (χ1v) is 5.06. The summed E-state index contributed by atoms with van der Waals surface area (Å²) in [7, 11) is 0. The minimum atomic E-state index is 0.242. The summed E-state index contributed by atoms with van der Waals surface area (Å²) in [6, 6.07) is 0.691. The van der Waals surface area contributed by atoms with Crippen LogP contribution >= 0.6 is 0 Å². The zero-order chi connectivity index (χ0) is 9.31. The van der Waals surface area contributed by atoms with E-state index >= 15 is 0 Å². The standard InChI is InChI=1S/C9H16N4/c1-8-3-5-9(7-11-12-10)4-2-6-13(8)9/h8H,2-7H2,1H3. The van der Waals surface area contributed by atoms with Crippen molar-refractivity contribution in [3.05, 3.63) is 10.4 Å². The van der Waals surface area contributed by atoms with Crippen molar-refractivity contribution in [2.24, 2.45) is 5.11 Å². The van der Waals surface area contributed by atoms with Crippen molar-refractivity contribution in [3.63, 3.8) is 0 Å². The number of azide groups is 1. The van der Waals surface area contributed by atoms with Crippen LogP contribution < -0.4 is 0 Å². The molecule has 0 amide bonds. The molecule has 72 valence electrons. The lowest BCUT2D eigenvalue weighted by Crippen LogP contribution is -2.43. The molecule has 2 unspecified atom stereocenters. The van der Waals surface area contributed by atoms with Gasteiger partial charge < -0.3 is 0 Å². The maximum Gasteiger partial charge on any atom is 0.0443 e. The lowest BCUT2D eigenvalue weighted by atomic mass is 9.94. The fourth-order valence-corrected chi connectivity index (χ4v) is 2.96. The van der Waals surface area contributed by atoms with Gasteiger partial charge in [0.25, 0.3) is 0 Å². The van der Waals surface area contributed by atoms with Crippen LogP contribution in [0.3, 0.4) is 0 Å². The monoisotopic (exact) mass is 180 g/mol. The van der Waals surface area contributed by atoms with Gasteiger partial charge in [0.2, 0.25) is 0 Å². The van der Waals surface area contributed by atoms with Gasteiger partial charge in [-0.05, 0) is 44.7 Å². The molecule has 4 nitrogen and oxygen atoms in total. The lowest BCUT2D eigenvalue weighted by molar-refractivity contribution is 0.165. The molecule has 0 aromatic rings. The summed E-state index contributed by atoms with van der Waals surface area (Å²) in [4.78, 5) is 5.42. The molecule has 2 aliphatic rings. The molecule has 2 atom stereocenters. The summed E-state index contributed by atoms with van der Waals surface area (Å²) in [5.41, 5.74) is 8.59. The summed E-state index contributed by atoms with van der Waals surface area (Å²) < 4.78 is 0. The van der Waals surface area contributed by atoms with Crippen molar-refractivity contribution in [2.45, 2.75) is 44.2 Å². The largest absolute Gasteiger partial charge is 0.295 e. The van der Waals surface area contributed by atoms with Crippen LogP contribution in [0.5, 0.6) is 0 Å². The van der Waals surface area contributed by atoms with Gasteiger partial charge in [-0.25, -0.2) is 0 Å². The summed E-state index contributed by atoms with van der Waals surface area (Å²) in [5, 5.41) is 3.76. The second-order valence-corrected chi connectivity index (χ2v) is 4.30. The minimum Gasteiger partial charge on any atom is -0.295 e. The maximum absolute atomic E-state index is 8.35. The predicted octanol–water partition coefficient (Wildman–Crippen LogP) is 2.31. The van der Waals surface area contributed by atoms with Crippen LogP contribution in [0, 0.1) is 0 Å². The van der Waals surface area contributed by atoms with Gasteiger partial charge in [-0.3, -0.25) is 4.90 Å². The molecule has 2 saturated heterocycles. The third-order valence-corrected chi connectivity index (χ3v) is 3.64. The number of hydrogen-bond donors (Lipinski definition) is 0. The highest BCUT2D eigenvalue weighted by Gasteiger charge is 2.46. The Balaban J connectivity index is 2.15. The fraction of sp³-hybridized carbons (Fsp3) is 1.00. The first-order chi connectivity index (χ1) is 6.28.